The van der Waals surface area contributed by atoms with Gasteiger partial charge in [-0.05, 0) is 48.3 Å². The van der Waals surface area contributed by atoms with Crippen LogP contribution in [-0.4, -0.2) is 40.6 Å². The van der Waals surface area contributed by atoms with Gasteiger partial charge in [-0.2, -0.15) is 0 Å². The fourth-order valence-electron chi connectivity index (χ4n) is 3.64. The van der Waals surface area contributed by atoms with Crippen LogP contribution in [0.3, 0.4) is 0 Å². The number of aromatic nitrogens is 2. The van der Waals surface area contributed by atoms with Crippen molar-refractivity contribution in [3.05, 3.63) is 69.5 Å². The van der Waals surface area contributed by atoms with E-state index in [-0.39, 0.29) is 10.9 Å². The van der Waals surface area contributed by atoms with Crippen molar-refractivity contribution in [1.29, 1.82) is 0 Å². The van der Waals surface area contributed by atoms with E-state index < -0.39 is 5.82 Å². The van der Waals surface area contributed by atoms with Crippen molar-refractivity contribution in [1.82, 2.24) is 14.5 Å². The van der Waals surface area contributed by atoms with Gasteiger partial charge in [-0.25, -0.2) is 9.37 Å². The molecular weight excluding hydrogens is 403 g/mol. The second-order valence-electron chi connectivity index (χ2n) is 8.29. The zero-order valence-electron chi connectivity index (χ0n) is 19.7. The number of halogens is 1. The number of fused-ring (bicyclic) bond motifs is 1. The Bertz CT molecular complexity index is 1150. The summed E-state index contributed by atoms with van der Waals surface area (Å²) in [5.74, 6) is 0.562. The first-order valence-electron chi connectivity index (χ1n) is 11.3. The molecule has 0 saturated heterocycles. The van der Waals surface area contributed by atoms with Gasteiger partial charge in [0, 0.05) is 20.1 Å². The Kier molecular flexibility index (Phi) is 7.80. The van der Waals surface area contributed by atoms with Crippen LogP contribution in [0, 0.1) is 5.82 Å². The normalized spacial score (nSPS) is 11.9. The summed E-state index contributed by atoms with van der Waals surface area (Å²) in [6.07, 6.45) is 3.76. The summed E-state index contributed by atoms with van der Waals surface area (Å²) in [5, 5.41) is 3.42. The van der Waals surface area contributed by atoms with Gasteiger partial charge in [0.25, 0.3) is 5.56 Å². The molecule has 0 spiro atoms. The Hall–Kier alpha value is -2.99. The highest BCUT2D eigenvalue weighted by Crippen LogP contribution is 2.21. The lowest BCUT2D eigenvalue weighted by atomic mass is 10.0. The molecule has 0 unspecified atom stereocenters. The van der Waals surface area contributed by atoms with Gasteiger partial charge in [0.2, 0.25) is 0 Å². The van der Waals surface area contributed by atoms with Gasteiger partial charge in [-0.1, -0.05) is 58.0 Å². The summed E-state index contributed by atoms with van der Waals surface area (Å²) < 4.78 is 16.1. The molecule has 1 heterocycles. The SMILES string of the molecule is CCN(CC)CCNc1cc2nc(/C=C/c3ccc(C(C)C)cc3)n(C)c(=O)c2cc1F. The summed E-state index contributed by atoms with van der Waals surface area (Å²) in [6.45, 7) is 11.9. The van der Waals surface area contributed by atoms with Crippen molar-refractivity contribution in [3.63, 3.8) is 0 Å². The van der Waals surface area contributed by atoms with Gasteiger partial charge in [0.1, 0.15) is 11.6 Å². The molecule has 32 heavy (non-hydrogen) atoms. The minimum Gasteiger partial charge on any atom is -0.381 e. The zero-order chi connectivity index (χ0) is 23.3. The summed E-state index contributed by atoms with van der Waals surface area (Å²) >= 11 is 0. The minimum atomic E-state index is -0.440. The molecule has 1 aromatic heterocycles. The lowest BCUT2D eigenvalue weighted by Gasteiger charge is -2.18. The molecule has 6 heteroatoms. The Morgan fingerprint density at radius 2 is 1.81 bits per heavy atom. The van der Waals surface area contributed by atoms with Crippen LogP contribution in [0.4, 0.5) is 10.1 Å². The summed E-state index contributed by atoms with van der Waals surface area (Å²) in [7, 11) is 1.66. The van der Waals surface area contributed by atoms with Crippen molar-refractivity contribution in [2.24, 2.45) is 7.05 Å². The number of nitrogens with one attached hydrogen (secondary N) is 1. The summed E-state index contributed by atoms with van der Waals surface area (Å²) in [6, 6.07) is 11.2. The lowest BCUT2D eigenvalue weighted by Crippen LogP contribution is -2.28. The van der Waals surface area contributed by atoms with Gasteiger partial charge < -0.3 is 10.2 Å². The number of hydrogen-bond donors (Lipinski definition) is 1. The first-order chi connectivity index (χ1) is 15.3. The molecule has 1 N–H and O–H groups in total. The van der Waals surface area contributed by atoms with Crippen LogP contribution in [0.15, 0.2) is 41.2 Å². The molecule has 0 aliphatic rings. The average molecular weight is 437 g/mol. The van der Waals surface area contributed by atoms with E-state index in [4.69, 9.17) is 0 Å². The number of anilines is 1. The second kappa shape index (κ2) is 10.6. The van der Waals surface area contributed by atoms with Crippen molar-refractivity contribution in [2.75, 3.05) is 31.5 Å². The third-order valence-corrected chi connectivity index (χ3v) is 5.86. The Balaban J connectivity index is 1.88. The molecular formula is C26H33FN4O. The highest BCUT2D eigenvalue weighted by molar-refractivity contribution is 5.83. The van der Waals surface area contributed by atoms with Crippen LogP contribution in [0.2, 0.25) is 0 Å². The van der Waals surface area contributed by atoms with Crippen molar-refractivity contribution < 1.29 is 4.39 Å². The molecule has 2 aromatic carbocycles. The molecule has 0 bridgehead atoms. The molecule has 0 saturated carbocycles. The van der Waals surface area contributed by atoms with Gasteiger partial charge in [0.05, 0.1) is 16.6 Å². The van der Waals surface area contributed by atoms with E-state index >= 15 is 0 Å². The largest absolute Gasteiger partial charge is 0.381 e. The number of hydrogen-bond acceptors (Lipinski definition) is 4. The Morgan fingerprint density at radius 1 is 1.12 bits per heavy atom. The van der Waals surface area contributed by atoms with Gasteiger partial charge in [-0.15, -0.1) is 0 Å². The zero-order valence-corrected chi connectivity index (χ0v) is 19.7. The number of nitrogens with zero attached hydrogens (tertiary/aromatic N) is 3. The molecule has 0 aliphatic heterocycles. The van der Waals surface area contributed by atoms with E-state index in [2.05, 4.69) is 67.2 Å². The first-order valence-corrected chi connectivity index (χ1v) is 11.3. The Labute approximate surface area is 189 Å². The highest BCUT2D eigenvalue weighted by Gasteiger charge is 2.12. The van der Waals surface area contributed by atoms with E-state index in [1.807, 2.05) is 12.2 Å². The quantitative estimate of drug-likeness (QED) is 0.506. The smallest absolute Gasteiger partial charge is 0.261 e. The number of likely N-dealkylation sites (N-methyl/N-ethyl adjacent to an activating group) is 1. The topological polar surface area (TPSA) is 50.2 Å². The molecule has 0 aliphatic carbocycles. The van der Waals surface area contributed by atoms with E-state index in [1.165, 1.54) is 16.2 Å². The second-order valence-corrected chi connectivity index (χ2v) is 8.29. The maximum absolute atomic E-state index is 14.6. The van der Waals surface area contributed by atoms with Crippen LogP contribution >= 0.6 is 0 Å². The molecule has 3 rings (SSSR count). The van der Waals surface area contributed by atoms with Gasteiger partial charge in [-0.3, -0.25) is 9.36 Å². The minimum absolute atomic E-state index is 0.265. The van der Waals surface area contributed by atoms with E-state index in [0.717, 1.165) is 25.2 Å². The highest BCUT2D eigenvalue weighted by atomic mass is 19.1. The van der Waals surface area contributed by atoms with Crippen LogP contribution in [0.1, 0.15) is 50.6 Å². The van der Waals surface area contributed by atoms with E-state index in [0.29, 0.717) is 29.5 Å². The summed E-state index contributed by atoms with van der Waals surface area (Å²) in [4.78, 5) is 19.7. The van der Waals surface area contributed by atoms with Crippen LogP contribution in [0.5, 0.6) is 0 Å². The first kappa shape index (κ1) is 23.7. The third kappa shape index (κ3) is 5.43. The fourth-order valence-corrected chi connectivity index (χ4v) is 3.64. The van der Waals surface area contributed by atoms with Gasteiger partial charge in [0.15, 0.2) is 0 Å². The third-order valence-electron chi connectivity index (χ3n) is 5.86. The van der Waals surface area contributed by atoms with Crippen molar-refractivity contribution in [3.8, 4) is 0 Å². The average Bonchev–Trinajstić information content (AvgIpc) is 2.79. The van der Waals surface area contributed by atoms with Crippen LogP contribution in [0.25, 0.3) is 23.1 Å². The Morgan fingerprint density at radius 3 is 2.44 bits per heavy atom. The van der Waals surface area contributed by atoms with E-state index in [9.17, 15) is 9.18 Å². The van der Waals surface area contributed by atoms with E-state index in [1.54, 1.807) is 13.1 Å². The lowest BCUT2D eigenvalue weighted by molar-refractivity contribution is 0.316. The molecule has 0 radical (unpaired) electrons. The summed E-state index contributed by atoms with van der Waals surface area (Å²) in [5.41, 5.74) is 2.89. The molecule has 0 atom stereocenters. The van der Waals surface area contributed by atoms with Crippen LogP contribution < -0.4 is 10.9 Å². The molecule has 170 valence electrons. The molecule has 0 fully saturated rings. The molecule has 5 nitrogen and oxygen atoms in total. The van der Waals surface area contributed by atoms with Crippen LogP contribution in [-0.2, 0) is 7.05 Å². The predicted octanol–water partition coefficient (Wildman–Crippen LogP) is 5.12. The monoisotopic (exact) mass is 436 g/mol. The van der Waals surface area contributed by atoms with Crippen molar-refractivity contribution >= 4 is 28.7 Å². The maximum atomic E-state index is 14.6. The maximum Gasteiger partial charge on any atom is 0.261 e. The molecule has 3 aromatic rings. The fraction of sp³-hybridized carbons (Fsp3) is 0.385. The standard InChI is InChI=1S/C26H33FN4O/c1-6-31(7-2)15-14-28-24-17-23-21(16-22(24)27)26(32)30(5)25(29-23)13-10-19-8-11-20(12-9-19)18(3)4/h8-13,16-18,28H,6-7,14-15H2,1-5H3/b13-10+. The van der Waals surface area contributed by atoms with Crippen molar-refractivity contribution in [2.45, 2.75) is 33.6 Å². The predicted molar refractivity (Wildman–Crippen MR) is 133 cm³/mol. The number of benzene rings is 2. The number of rotatable bonds is 9. The molecule has 0 amide bonds. The van der Waals surface area contributed by atoms with Gasteiger partial charge >= 0.3 is 0 Å².